The van der Waals surface area contributed by atoms with Crippen LogP contribution in [0.4, 0.5) is 8.78 Å². The van der Waals surface area contributed by atoms with E-state index in [4.69, 9.17) is 0 Å². The van der Waals surface area contributed by atoms with Crippen LogP contribution in [0.5, 0.6) is 0 Å². The number of hydrogen-bond acceptors (Lipinski definition) is 0. The van der Waals surface area contributed by atoms with Crippen molar-refractivity contribution in [2.45, 2.75) is 37.8 Å². The average molecular weight is 565 g/mol. The molecule has 0 amide bonds. The van der Waals surface area contributed by atoms with Gasteiger partial charge in [-0.25, -0.2) is 8.78 Å². The van der Waals surface area contributed by atoms with Crippen molar-refractivity contribution in [2.24, 2.45) is 0 Å². The number of allylic oxidation sites excluding steroid dienone is 8. The largest absolute Gasteiger partial charge is 4.00 e. The summed E-state index contributed by atoms with van der Waals surface area (Å²) in [5.74, 6) is -0.385. The van der Waals surface area contributed by atoms with Gasteiger partial charge in [-0.1, -0.05) is 62.0 Å². The molecular formula is C26H24Cl2F2SiZr. The summed E-state index contributed by atoms with van der Waals surface area (Å²) in [6, 6.07) is 16.2. The summed E-state index contributed by atoms with van der Waals surface area (Å²) in [7, 11) is 1.31. The Kier molecular flexibility index (Phi) is 16.8. The molecule has 32 heavy (non-hydrogen) atoms. The molecule has 2 aromatic carbocycles. The maximum absolute atomic E-state index is 12.8. The van der Waals surface area contributed by atoms with Gasteiger partial charge in [-0.2, -0.15) is 35.5 Å². The van der Waals surface area contributed by atoms with Crippen LogP contribution in [0, 0.1) is 23.8 Å². The first-order chi connectivity index (χ1) is 14.2. The van der Waals surface area contributed by atoms with Crippen LogP contribution in [0.15, 0.2) is 72.8 Å². The first-order valence-corrected chi connectivity index (χ1v) is 11.4. The van der Waals surface area contributed by atoms with E-state index in [1.165, 1.54) is 58.7 Å². The van der Waals surface area contributed by atoms with Crippen molar-refractivity contribution in [1.29, 1.82) is 0 Å². The molecule has 1 saturated heterocycles. The third kappa shape index (κ3) is 10.7. The SMILES string of the molecule is C1CC[Si]C1.Fc1cccc(C2=[C-]CC=C2)c1.Fc1cccc(C2=[C-]CC=C2)c1.[Cl-].[Cl-].[Zr+4]. The van der Waals surface area contributed by atoms with E-state index in [2.05, 4.69) is 12.2 Å². The van der Waals surface area contributed by atoms with Gasteiger partial charge >= 0.3 is 26.2 Å². The van der Waals surface area contributed by atoms with Crippen LogP contribution in [0.25, 0.3) is 11.1 Å². The first kappa shape index (κ1) is 30.9. The van der Waals surface area contributed by atoms with Crippen LogP contribution < -0.4 is 24.8 Å². The van der Waals surface area contributed by atoms with Crippen molar-refractivity contribution in [3.8, 4) is 0 Å². The van der Waals surface area contributed by atoms with Gasteiger partial charge in [0, 0.05) is 9.52 Å². The fraction of sp³-hybridized carbons (Fsp3) is 0.231. The minimum Gasteiger partial charge on any atom is -1.00 e. The van der Waals surface area contributed by atoms with Gasteiger partial charge in [-0.3, -0.25) is 0 Å². The van der Waals surface area contributed by atoms with Crippen molar-refractivity contribution in [1.82, 2.24) is 0 Å². The van der Waals surface area contributed by atoms with Crippen LogP contribution in [-0.4, -0.2) is 9.52 Å². The van der Waals surface area contributed by atoms with E-state index in [1.807, 2.05) is 36.4 Å². The van der Waals surface area contributed by atoms with Gasteiger partial charge in [0.2, 0.25) is 0 Å². The molecule has 0 nitrogen and oxygen atoms in total. The fourth-order valence-electron chi connectivity index (χ4n) is 3.14. The zero-order valence-corrected chi connectivity index (χ0v) is 22.7. The molecule has 2 aliphatic carbocycles. The number of benzene rings is 2. The van der Waals surface area contributed by atoms with Crippen molar-refractivity contribution >= 4 is 20.7 Å². The fourth-order valence-corrected chi connectivity index (χ4v) is 4.39. The molecule has 0 atom stereocenters. The molecule has 5 rings (SSSR count). The van der Waals surface area contributed by atoms with E-state index < -0.39 is 0 Å². The maximum atomic E-state index is 12.8. The van der Waals surface area contributed by atoms with Crippen LogP contribution in [-0.2, 0) is 26.2 Å². The van der Waals surface area contributed by atoms with Crippen molar-refractivity contribution in [2.75, 3.05) is 0 Å². The van der Waals surface area contributed by atoms with Gasteiger partial charge < -0.3 is 24.8 Å². The van der Waals surface area contributed by atoms with Crippen molar-refractivity contribution in [3.63, 3.8) is 0 Å². The summed E-state index contributed by atoms with van der Waals surface area (Å²) in [6.07, 6.45) is 18.9. The van der Waals surface area contributed by atoms with Gasteiger partial charge in [0.05, 0.1) is 0 Å². The first-order valence-electron chi connectivity index (χ1n) is 10.00. The molecule has 1 fully saturated rings. The van der Waals surface area contributed by atoms with E-state index in [-0.39, 0.29) is 62.7 Å². The van der Waals surface area contributed by atoms with Crippen LogP contribution >= 0.6 is 0 Å². The molecule has 2 radical (unpaired) electrons. The Labute approximate surface area is 224 Å². The molecule has 6 heteroatoms. The standard InChI is InChI=1S/2C11H8F.C4H8Si.2ClH.Zr/c2*12-11-7-3-6-10(8-11)9-4-1-2-5-9;1-2-4-5-3-1;;;/h2*1,3-4,6-8H,2H2;1-4H2;2*1H;/q2*-1;;;;+4/p-2. The molecular weight excluding hydrogens is 540 g/mol. The summed E-state index contributed by atoms with van der Waals surface area (Å²) in [4.78, 5) is 0. The molecule has 0 unspecified atom stereocenters. The van der Waals surface area contributed by atoms with E-state index in [9.17, 15) is 8.78 Å². The minimum atomic E-state index is -0.192. The summed E-state index contributed by atoms with van der Waals surface area (Å²) in [6.45, 7) is 0. The van der Waals surface area contributed by atoms with Gasteiger partial charge in [-0.05, 0) is 12.1 Å². The quantitative estimate of drug-likeness (QED) is 0.381. The minimum absolute atomic E-state index is 0. The number of rotatable bonds is 2. The molecule has 0 aromatic heterocycles. The second-order valence-corrected chi connectivity index (χ2v) is 8.37. The van der Waals surface area contributed by atoms with Crippen LogP contribution in [0.1, 0.15) is 36.8 Å². The van der Waals surface area contributed by atoms with E-state index in [0.29, 0.717) is 0 Å². The third-order valence-electron chi connectivity index (χ3n) is 4.62. The van der Waals surface area contributed by atoms with Crippen LogP contribution in [0.2, 0.25) is 12.1 Å². The predicted octanol–water partition coefficient (Wildman–Crippen LogP) is 1.27. The summed E-state index contributed by atoms with van der Waals surface area (Å²) >= 11 is 0. The number of hydrogen-bond donors (Lipinski definition) is 0. The zero-order chi connectivity index (χ0) is 20.3. The van der Waals surface area contributed by atoms with Gasteiger partial charge in [0.15, 0.2) is 0 Å². The molecule has 0 bridgehead atoms. The Morgan fingerprint density at radius 2 is 1.12 bits per heavy atom. The summed E-state index contributed by atoms with van der Waals surface area (Å²) in [5.41, 5.74) is 3.80. The summed E-state index contributed by atoms with van der Waals surface area (Å²) in [5, 5.41) is 0. The zero-order valence-electron chi connectivity index (χ0n) is 17.7. The average Bonchev–Trinajstić information content (AvgIpc) is 3.54. The Balaban J connectivity index is 0.000000460. The smallest absolute Gasteiger partial charge is 1.00 e. The Bertz CT molecular complexity index is 856. The maximum Gasteiger partial charge on any atom is 4.00 e. The molecule has 0 N–H and O–H groups in total. The third-order valence-corrected chi connectivity index (χ3v) is 6.03. The number of halogens is 4. The van der Waals surface area contributed by atoms with Crippen molar-refractivity contribution in [3.05, 3.63) is 108 Å². The monoisotopic (exact) mass is 562 g/mol. The molecule has 164 valence electrons. The predicted molar refractivity (Wildman–Crippen MR) is 118 cm³/mol. The second kappa shape index (κ2) is 17.4. The summed E-state index contributed by atoms with van der Waals surface area (Å²) < 4.78 is 25.5. The Morgan fingerprint density at radius 1 is 0.688 bits per heavy atom. The molecule has 1 heterocycles. The van der Waals surface area contributed by atoms with E-state index in [0.717, 1.165) is 35.1 Å². The molecule has 2 aromatic rings. The molecule has 1 aliphatic heterocycles. The molecule has 0 saturated carbocycles. The van der Waals surface area contributed by atoms with E-state index in [1.54, 1.807) is 12.1 Å². The van der Waals surface area contributed by atoms with Crippen molar-refractivity contribution < 1.29 is 59.8 Å². The van der Waals surface area contributed by atoms with Gasteiger partial charge in [-0.15, -0.1) is 35.4 Å². The van der Waals surface area contributed by atoms with Gasteiger partial charge in [0.25, 0.3) is 0 Å². The Hall–Kier alpha value is -1.06. The normalized spacial score (nSPS) is 14.9. The second-order valence-electron chi connectivity index (χ2n) is 6.87. The molecule has 0 spiro atoms. The Morgan fingerprint density at radius 3 is 1.41 bits per heavy atom. The van der Waals surface area contributed by atoms with Crippen LogP contribution in [0.3, 0.4) is 0 Å². The molecule has 3 aliphatic rings. The van der Waals surface area contributed by atoms with Gasteiger partial charge in [0.1, 0.15) is 11.6 Å². The topological polar surface area (TPSA) is 0 Å². The van der Waals surface area contributed by atoms with E-state index >= 15 is 0 Å².